The molecule has 28 heavy (non-hydrogen) atoms. The predicted octanol–water partition coefficient (Wildman–Crippen LogP) is 2.72. The van der Waals surface area contributed by atoms with Crippen LogP contribution < -0.4 is 14.8 Å². The summed E-state index contributed by atoms with van der Waals surface area (Å²) in [5.41, 5.74) is 0. The molecule has 0 saturated heterocycles. The van der Waals surface area contributed by atoms with Crippen molar-refractivity contribution >= 4 is 5.96 Å². The highest BCUT2D eigenvalue weighted by Gasteiger charge is 2.10. The van der Waals surface area contributed by atoms with E-state index in [0.717, 1.165) is 29.8 Å². The molecule has 8 nitrogen and oxygen atoms in total. The van der Waals surface area contributed by atoms with E-state index in [1.54, 1.807) is 7.11 Å². The number of aromatic nitrogens is 2. The number of methoxy groups -OCH3 is 1. The molecule has 0 saturated carbocycles. The number of likely N-dealkylation sites (N-methyl/N-ethyl adjacent to an activating group) is 1. The van der Waals surface area contributed by atoms with Gasteiger partial charge >= 0.3 is 0 Å². The summed E-state index contributed by atoms with van der Waals surface area (Å²) in [6.45, 7) is 8.75. The number of aliphatic imine (C=N–C) groups is 1. The average molecular weight is 390 g/mol. The second-order valence-electron chi connectivity index (χ2n) is 6.63. The summed E-state index contributed by atoms with van der Waals surface area (Å²) >= 11 is 0. The summed E-state index contributed by atoms with van der Waals surface area (Å²) < 4.78 is 16.2. The molecule has 1 aromatic carbocycles. The van der Waals surface area contributed by atoms with E-state index >= 15 is 0 Å². The minimum Gasteiger partial charge on any atom is -0.497 e. The van der Waals surface area contributed by atoms with E-state index in [4.69, 9.17) is 14.0 Å². The Morgan fingerprint density at radius 2 is 1.96 bits per heavy atom. The smallest absolute Gasteiger partial charge is 0.228 e. The molecule has 0 radical (unpaired) electrons. The van der Waals surface area contributed by atoms with Gasteiger partial charge in [-0.25, -0.2) is 0 Å². The largest absolute Gasteiger partial charge is 0.497 e. The molecule has 8 heteroatoms. The Morgan fingerprint density at radius 3 is 2.57 bits per heavy atom. The van der Waals surface area contributed by atoms with Gasteiger partial charge in [-0.3, -0.25) is 4.99 Å². The van der Waals surface area contributed by atoms with Gasteiger partial charge in [-0.05, 0) is 31.2 Å². The van der Waals surface area contributed by atoms with Gasteiger partial charge < -0.3 is 24.2 Å². The number of benzene rings is 1. The van der Waals surface area contributed by atoms with Crippen molar-refractivity contribution in [2.24, 2.45) is 4.99 Å². The van der Waals surface area contributed by atoms with E-state index in [1.807, 2.05) is 57.0 Å². The molecule has 0 spiro atoms. The van der Waals surface area contributed by atoms with E-state index in [-0.39, 0.29) is 5.92 Å². The first-order valence-corrected chi connectivity index (χ1v) is 9.62. The summed E-state index contributed by atoms with van der Waals surface area (Å²) in [5.74, 6) is 4.06. The Labute approximate surface area is 166 Å². The average Bonchev–Trinajstić information content (AvgIpc) is 3.17. The Hall–Kier alpha value is -2.77. The summed E-state index contributed by atoms with van der Waals surface area (Å²) in [4.78, 5) is 11.1. The summed E-state index contributed by atoms with van der Waals surface area (Å²) in [7, 11) is 3.64. The fourth-order valence-electron chi connectivity index (χ4n) is 2.41. The molecule has 0 aliphatic rings. The topological polar surface area (TPSA) is 85.0 Å². The Morgan fingerprint density at radius 1 is 1.25 bits per heavy atom. The van der Waals surface area contributed by atoms with Gasteiger partial charge in [0.15, 0.2) is 11.8 Å². The highest BCUT2D eigenvalue weighted by molar-refractivity contribution is 5.79. The van der Waals surface area contributed by atoms with Crippen LogP contribution in [0.3, 0.4) is 0 Å². The monoisotopic (exact) mass is 389 g/mol. The molecule has 1 heterocycles. The van der Waals surface area contributed by atoms with Crippen LogP contribution in [-0.2, 0) is 6.42 Å². The lowest BCUT2D eigenvalue weighted by atomic mass is 10.2. The lowest BCUT2D eigenvalue weighted by molar-refractivity contribution is 0.281. The van der Waals surface area contributed by atoms with Gasteiger partial charge in [0, 0.05) is 25.9 Å². The van der Waals surface area contributed by atoms with Crippen molar-refractivity contribution in [2.75, 3.05) is 40.4 Å². The van der Waals surface area contributed by atoms with Crippen LogP contribution in [0.2, 0.25) is 0 Å². The summed E-state index contributed by atoms with van der Waals surface area (Å²) in [6.07, 6.45) is 0.616. The van der Waals surface area contributed by atoms with Gasteiger partial charge in [-0.1, -0.05) is 19.0 Å². The third-order valence-electron chi connectivity index (χ3n) is 4.04. The molecule has 154 valence electrons. The zero-order chi connectivity index (χ0) is 20.4. The fourth-order valence-corrected chi connectivity index (χ4v) is 2.41. The molecule has 0 aliphatic heterocycles. The minimum atomic E-state index is 0.259. The molecule has 0 aliphatic carbocycles. The molecule has 1 aromatic heterocycles. The number of nitrogens with one attached hydrogen (secondary N) is 1. The number of nitrogens with zero attached hydrogens (tertiary/aromatic N) is 4. The maximum atomic E-state index is 5.79. The molecule has 0 atom stereocenters. The normalized spacial score (nSPS) is 11.6. The van der Waals surface area contributed by atoms with Crippen molar-refractivity contribution < 1.29 is 14.0 Å². The van der Waals surface area contributed by atoms with Gasteiger partial charge in [-0.15, -0.1) is 0 Å². The molecular formula is C20H31N5O3. The number of guanidine groups is 1. The van der Waals surface area contributed by atoms with Crippen molar-refractivity contribution in [2.45, 2.75) is 33.1 Å². The summed E-state index contributed by atoms with van der Waals surface area (Å²) in [5, 5.41) is 7.27. The molecule has 1 N–H and O–H groups in total. The highest BCUT2D eigenvalue weighted by atomic mass is 16.5. The molecular weight excluding hydrogens is 358 g/mol. The van der Waals surface area contributed by atoms with Crippen molar-refractivity contribution in [1.82, 2.24) is 20.4 Å². The van der Waals surface area contributed by atoms with E-state index in [1.165, 1.54) is 0 Å². The molecule has 2 aromatic rings. The molecule has 0 fully saturated rings. The third kappa shape index (κ3) is 6.75. The zero-order valence-electron chi connectivity index (χ0n) is 17.4. The highest BCUT2D eigenvalue weighted by Crippen LogP contribution is 2.16. The quantitative estimate of drug-likeness (QED) is 0.494. The van der Waals surface area contributed by atoms with Gasteiger partial charge in [0.05, 0.1) is 20.2 Å². The van der Waals surface area contributed by atoms with Gasteiger partial charge in [0.2, 0.25) is 5.89 Å². The standard InChI is InChI=1S/C20H31N5O3/c1-6-21-20(22-12-11-18-23-19(15(2)3)24-28-18)25(4)13-14-27-17-9-7-16(26-5)8-10-17/h7-10,15H,6,11-14H2,1-5H3,(H,21,22). The van der Waals surface area contributed by atoms with Crippen LogP contribution in [-0.4, -0.2) is 61.4 Å². The number of hydrogen-bond donors (Lipinski definition) is 1. The van der Waals surface area contributed by atoms with E-state index < -0.39 is 0 Å². The fraction of sp³-hybridized carbons (Fsp3) is 0.550. The molecule has 0 bridgehead atoms. The van der Waals surface area contributed by atoms with E-state index in [2.05, 4.69) is 20.4 Å². The lowest BCUT2D eigenvalue weighted by Gasteiger charge is -2.22. The van der Waals surface area contributed by atoms with Crippen LogP contribution in [0.15, 0.2) is 33.8 Å². The van der Waals surface area contributed by atoms with Crippen molar-refractivity contribution in [3.05, 3.63) is 36.0 Å². The van der Waals surface area contributed by atoms with E-state index in [0.29, 0.717) is 32.0 Å². The van der Waals surface area contributed by atoms with Gasteiger partial charge in [-0.2, -0.15) is 4.98 Å². The van der Waals surface area contributed by atoms with Gasteiger partial charge in [0.25, 0.3) is 0 Å². The first-order chi connectivity index (χ1) is 13.5. The van der Waals surface area contributed by atoms with Crippen LogP contribution in [0.1, 0.15) is 38.4 Å². The third-order valence-corrected chi connectivity index (χ3v) is 4.04. The SMILES string of the molecule is CCNC(=NCCc1nc(C(C)C)no1)N(C)CCOc1ccc(OC)cc1. The van der Waals surface area contributed by atoms with Crippen LogP contribution in [0.5, 0.6) is 11.5 Å². The second kappa shape index (κ2) is 11.2. The number of ether oxygens (including phenoxy) is 2. The summed E-state index contributed by atoms with van der Waals surface area (Å²) in [6, 6.07) is 7.56. The Bertz CT molecular complexity index is 728. The van der Waals surface area contributed by atoms with Crippen molar-refractivity contribution in [3.8, 4) is 11.5 Å². The molecule has 0 unspecified atom stereocenters. The van der Waals surface area contributed by atoms with Gasteiger partial charge in [0.1, 0.15) is 18.1 Å². The first-order valence-electron chi connectivity index (χ1n) is 9.62. The van der Waals surface area contributed by atoms with Crippen molar-refractivity contribution in [1.29, 1.82) is 0 Å². The first kappa shape index (κ1) is 21.5. The second-order valence-corrected chi connectivity index (χ2v) is 6.63. The van der Waals surface area contributed by atoms with Crippen LogP contribution in [0, 0.1) is 0 Å². The lowest BCUT2D eigenvalue weighted by Crippen LogP contribution is -2.41. The van der Waals surface area contributed by atoms with E-state index in [9.17, 15) is 0 Å². The molecule has 0 amide bonds. The maximum absolute atomic E-state index is 5.79. The van der Waals surface area contributed by atoms with Crippen LogP contribution in [0.4, 0.5) is 0 Å². The Kier molecular flexibility index (Phi) is 8.58. The van der Waals surface area contributed by atoms with Crippen molar-refractivity contribution in [3.63, 3.8) is 0 Å². The number of hydrogen-bond acceptors (Lipinski definition) is 6. The van der Waals surface area contributed by atoms with Crippen LogP contribution in [0.25, 0.3) is 0 Å². The number of rotatable bonds is 10. The predicted molar refractivity (Wildman–Crippen MR) is 109 cm³/mol. The van der Waals surface area contributed by atoms with Crippen LogP contribution >= 0.6 is 0 Å². The Balaban J connectivity index is 1.81. The minimum absolute atomic E-state index is 0.259. The molecule has 2 rings (SSSR count). The zero-order valence-corrected chi connectivity index (χ0v) is 17.4. The maximum Gasteiger partial charge on any atom is 0.228 e.